The molecule has 0 spiro atoms. The monoisotopic (exact) mass is 322 g/mol. The van der Waals surface area contributed by atoms with Crippen LogP contribution in [0, 0.1) is 0 Å². The second kappa shape index (κ2) is 7.35. The number of esters is 1. The largest absolute Gasteiger partial charge is 0.465 e. The molecule has 0 unspecified atom stereocenters. The van der Waals surface area contributed by atoms with Crippen molar-refractivity contribution >= 4 is 12.3 Å². The van der Waals surface area contributed by atoms with Gasteiger partial charge < -0.3 is 14.2 Å². The fourth-order valence-corrected chi connectivity index (χ4v) is 1.77. The van der Waals surface area contributed by atoms with E-state index in [9.17, 15) is 18.4 Å². The van der Waals surface area contributed by atoms with E-state index in [1.165, 1.54) is 49.6 Å². The predicted octanol–water partition coefficient (Wildman–Crippen LogP) is 3.68. The number of alkyl halides is 2. The second-order valence-electron chi connectivity index (χ2n) is 4.32. The van der Waals surface area contributed by atoms with Crippen LogP contribution in [0.5, 0.6) is 17.2 Å². The minimum Gasteiger partial charge on any atom is -0.465 e. The molecular weight excluding hydrogens is 310 g/mol. The molecule has 0 aromatic heterocycles. The van der Waals surface area contributed by atoms with Crippen molar-refractivity contribution in [3.05, 3.63) is 53.6 Å². The number of aldehydes is 1. The highest BCUT2D eigenvalue weighted by atomic mass is 19.3. The lowest BCUT2D eigenvalue weighted by atomic mass is 10.2. The second-order valence-corrected chi connectivity index (χ2v) is 4.32. The zero-order valence-electron chi connectivity index (χ0n) is 12.0. The molecule has 23 heavy (non-hydrogen) atoms. The van der Waals surface area contributed by atoms with Crippen molar-refractivity contribution < 1.29 is 32.6 Å². The minimum absolute atomic E-state index is 0.0410. The molecule has 0 radical (unpaired) electrons. The number of hydrogen-bond donors (Lipinski definition) is 0. The van der Waals surface area contributed by atoms with Crippen LogP contribution in [-0.4, -0.2) is 26.0 Å². The molecule has 2 aromatic rings. The van der Waals surface area contributed by atoms with Crippen LogP contribution in [0.15, 0.2) is 42.5 Å². The van der Waals surface area contributed by atoms with Gasteiger partial charge in [-0.25, -0.2) is 4.79 Å². The zero-order valence-corrected chi connectivity index (χ0v) is 12.0. The van der Waals surface area contributed by atoms with E-state index >= 15 is 0 Å². The van der Waals surface area contributed by atoms with Gasteiger partial charge in [-0.1, -0.05) is 0 Å². The van der Waals surface area contributed by atoms with Crippen LogP contribution in [-0.2, 0) is 4.74 Å². The molecule has 0 aliphatic carbocycles. The summed E-state index contributed by atoms with van der Waals surface area (Å²) in [5, 5.41) is 0. The fourth-order valence-electron chi connectivity index (χ4n) is 1.77. The SMILES string of the molecule is COC(=O)c1ccc(Oc2cc(C=O)ccc2OC(F)F)cc1. The number of benzene rings is 2. The van der Waals surface area contributed by atoms with E-state index in [1.54, 1.807) is 0 Å². The van der Waals surface area contributed by atoms with Gasteiger partial charge in [-0.2, -0.15) is 8.78 Å². The molecule has 2 rings (SSSR count). The van der Waals surface area contributed by atoms with Crippen molar-refractivity contribution in [1.29, 1.82) is 0 Å². The summed E-state index contributed by atoms with van der Waals surface area (Å²) in [5.41, 5.74) is 0.554. The molecule has 0 saturated carbocycles. The summed E-state index contributed by atoms with van der Waals surface area (Å²) in [4.78, 5) is 22.1. The summed E-state index contributed by atoms with van der Waals surface area (Å²) in [6.45, 7) is -3.03. The third-order valence-electron chi connectivity index (χ3n) is 2.82. The molecule has 5 nitrogen and oxygen atoms in total. The van der Waals surface area contributed by atoms with E-state index in [4.69, 9.17) is 4.74 Å². The van der Waals surface area contributed by atoms with E-state index < -0.39 is 12.6 Å². The maximum absolute atomic E-state index is 12.4. The normalized spacial score (nSPS) is 10.3. The Kier molecular flexibility index (Phi) is 5.24. The van der Waals surface area contributed by atoms with Gasteiger partial charge in [0, 0.05) is 5.56 Å². The smallest absolute Gasteiger partial charge is 0.387 e. The first-order chi connectivity index (χ1) is 11.0. The van der Waals surface area contributed by atoms with Gasteiger partial charge in [-0.05, 0) is 42.5 Å². The fraction of sp³-hybridized carbons (Fsp3) is 0.125. The number of hydrogen-bond acceptors (Lipinski definition) is 5. The van der Waals surface area contributed by atoms with Crippen LogP contribution in [0.1, 0.15) is 20.7 Å². The molecule has 0 N–H and O–H groups in total. The van der Waals surface area contributed by atoms with E-state index in [-0.39, 0.29) is 22.8 Å². The Balaban J connectivity index is 2.27. The lowest BCUT2D eigenvalue weighted by Gasteiger charge is -2.12. The average molecular weight is 322 g/mol. The Morgan fingerprint density at radius 2 is 1.78 bits per heavy atom. The maximum atomic E-state index is 12.4. The van der Waals surface area contributed by atoms with Crippen molar-refractivity contribution in [2.45, 2.75) is 6.61 Å². The lowest BCUT2D eigenvalue weighted by molar-refractivity contribution is -0.0510. The molecule has 0 bridgehead atoms. The summed E-state index contributed by atoms with van der Waals surface area (Å²) in [5.74, 6) is -0.482. The zero-order chi connectivity index (χ0) is 16.8. The Morgan fingerprint density at radius 3 is 2.35 bits per heavy atom. The molecule has 0 heterocycles. The first-order valence-electron chi connectivity index (χ1n) is 6.43. The van der Waals surface area contributed by atoms with Crippen LogP contribution >= 0.6 is 0 Å². The first kappa shape index (κ1) is 16.4. The molecule has 0 fully saturated rings. The predicted molar refractivity (Wildman–Crippen MR) is 76.3 cm³/mol. The van der Waals surface area contributed by atoms with Gasteiger partial charge in [0.2, 0.25) is 0 Å². The maximum Gasteiger partial charge on any atom is 0.387 e. The van der Waals surface area contributed by atoms with Gasteiger partial charge in [0.15, 0.2) is 11.5 Å². The van der Waals surface area contributed by atoms with E-state index in [0.717, 1.165) is 0 Å². The lowest BCUT2D eigenvalue weighted by Crippen LogP contribution is -2.04. The highest BCUT2D eigenvalue weighted by Crippen LogP contribution is 2.33. The Labute approximate surface area is 130 Å². The highest BCUT2D eigenvalue weighted by Gasteiger charge is 2.13. The van der Waals surface area contributed by atoms with Crippen molar-refractivity contribution in [3.8, 4) is 17.2 Å². The van der Waals surface area contributed by atoms with Gasteiger partial charge in [0.05, 0.1) is 12.7 Å². The van der Waals surface area contributed by atoms with Crippen LogP contribution in [0.3, 0.4) is 0 Å². The molecule has 0 aliphatic heterocycles. The van der Waals surface area contributed by atoms with E-state index in [2.05, 4.69) is 9.47 Å². The quantitative estimate of drug-likeness (QED) is 0.600. The third-order valence-corrected chi connectivity index (χ3v) is 2.82. The van der Waals surface area contributed by atoms with Crippen molar-refractivity contribution in [1.82, 2.24) is 0 Å². The molecule has 0 saturated heterocycles. The summed E-state index contributed by atoms with van der Waals surface area (Å²) in [6.07, 6.45) is 0.555. The number of carbonyl (C=O) groups is 2. The first-order valence-corrected chi connectivity index (χ1v) is 6.43. The summed E-state index contributed by atoms with van der Waals surface area (Å²) in [6, 6.07) is 9.67. The van der Waals surface area contributed by atoms with Crippen molar-refractivity contribution in [3.63, 3.8) is 0 Å². The van der Waals surface area contributed by atoms with Gasteiger partial charge in [0.1, 0.15) is 12.0 Å². The van der Waals surface area contributed by atoms with E-state index in [0.29, 0.717) is 11.8 Å². The summed E-state index contributed by atoms with van der Waals surface area (Å²) in [7, 11) is 1.26. The van der Waals surface area contributed by atoms with Crippen molar-refractivity contribution in [2.24, 2.45) is 0 Å². The van der Waals surface area contributed by atoms with Gasteiger partial charge in [-0.3, -0.25) is 4.79 Å². The van der Waals surface area contributed by atoms with Gasteiger partial charge in [0.25, 0.3) is 0 Å². The summed E-state index contributed by atoms with van der Waals surface area (Å²) < 4.78 is 39.2. The van der Waals surface area contributed by atoms with Gasteiger partial charge >= 0.3 is 12.6 Å². The Morgan fingerprint density at radius 1 is 1.09 bits per heavy atom. The topological polar surface area (TPSA) is 61.8 Å². The van der Waals surface area contributed by atoms with Crippen LogP contribution in [0.2, 0.25) is 0 Å². The molecule has 2 aromatic carbocycles. The molecule has 0 amide bonds. The van der Waals surface area contributed by atoms with Crippen LogP contribution in [0.25, 0.3) is 0 Å². The third kappa shape index (κ3) is 4.26. The van der Waals surface area contributed by atoms with Crippen molar-refractivity contribution in [2.75, 3.05) is 7.11 Å². The minimum atomic E-state index is -3.03. The molecule has 0 aliphatic rings. The number of ether oxygens (including phenoxy) is 3. The van der Waals surface area contributed by atoms with Crippen LogP contribution in [0.4, 0.5) is 8.78 Å². The van der Waals surface area contributed by atoms with E-state index in [1.807, 2.05) is 0 Å². The Bertz CT molecular complexity index is 698. The molecule has 0 atom stereocenters. The highest BCUT2D eigenvalue weighted by molar-refractivity contribution is 5.89. The van der Waals surface area contributed by atoms with Gasteiger partial charge in [-0.15, -0.1) is 0 Å². The summed E-state index contributed by atoms with van der Waals surface area (Å²) >= 11 is 0. The number of halogens is 2. The Hall–Kier alpha value is -2.96. The molecule has 7 heteroatoms. The molecule has 120 valence electrons. The number of rotatable bonds is 6. The molecular formula is C16H12F2O5. The number of methoxy groups -OCH3 is 1. The van der Waals surface area contributed by atoms with Crippen LogP contribution < -0.4 is 9.47 Å². The average Bonchev–Trinajstić information content (AvgIpc) is 2.56. The standard InChI is InChI=1S/C16H12F2O5/c1-21-15(20)11-3-5-12(6-4-11)22-14-8-10(9-19)2-7-13(14)23-16(17)18/h2-9,16H,1H3. The number of carbonyl (C=O) groups excluding carboxylic acids is 2.